The Morgan fingerprint density at radius 1 is 1.07 bits per heavy atom. The molecule has 1 saturated heterocycles. The molecule has 1 fully saturated rings. The highest BCUT2D eigenvalue weighted by Crippen LogP contribution is 2.35. The number of nitrogens with zero attached hydrogens (tertiary/aromatic N) is 1. The normalized spacial score (nSPS) is 14.7. The molecule has 1 aliphatic rings. The van der Waals surface area contributed by atoms with Gasteiger partial charge in [-0.3, -0.25) is 4.79 Å². The van der Waals surface area contributed by atoms with Gasteiger partial charge in [-0.25, -0.2) is 0 Å². The minimum Gasteiger partial charge on any atom is -0.483 e. The maximum atomic E-state index is 13.0. The Morgan fingerprint density at radius 2 is 1.74 bits per heavy atom. The van der Waals surface area contributed by atoms with Crippen molar-refractivity contribution in [2.75, 3.05) is 43.1 Å². The fraction of sp³-hybridized carbons (Fsp3) is 0.316. The molecular weight excluding hydrogens is 361 g/mol. The van der Waals surface area contributed by atoms with E-state index in [2.05, 4.69) is 10.2 Å². The number of anilines is 2. The van der Waals surface area contributed by atoms with Crippen molar-refractivity contribution in [2.45, 2.75) is 6.18 Å². The molecule has 2 aromatic rings. The van der Waals surface area contributed by atoms with Gasteiger partial charge in [0.1, 0.15) is 5.75 Å². The molecule has 8 heteroatoms. The maximum absolute atomic E-state index is 13.0. The van der Waals surface area contributed by atoms with Crippen molar-refractivity contribution in [1.82, 2.24) is 0 Å². The van der Waals surface area contributed by atoms with Gasteiger partial charge in [-0.1, -0.05) is 24.3 Å². The van der Waals surface area contributed by atoms with Crippen LogP contribution in [0, 0.1) is 0 Å². The summed E-state index contributed by atoms with van der Waals surface area (Å²) in [5.74, 6) is -0.908. The van der Waals surface area contributed by atoms with Crippen LogP contribution >= 0.6 is 0 Å². The Hall–Kier alpha value is -2.74. The summed E-state index contributed by atoms with van der Waals surface area (Å²) in [6.07, 6.45) is -4.55. The molecule has 1 heterocycles. The third kappa shape index (κ3) is 4.91. The number of ether oxygens (including phenoxy) is 2. The number of hydrogen-bond donors (Lipinski definition) is 1. The molecule has 144 valence electrons. The summed E-state index contributed by atoms with van der Waals surface area (Å²) >= 11 is 0. The van der Waals surface area contributed by atoms with E-state index in [4.69, 9.17) is 9.47 Å². The highest BCUT2D eigenvalue weighted by atomic mass is 19.4. The van der Waals surface area contributed by atoms with Crippen molar-refractivity contribution in [3.8, 4) is 5.75 Å². The number of morpholine rings is 1. The van der Waals surface area contributed by atoms with Crippen molar-refractivity contribution in [1.29, 1.82) is 0 Å². The van der Waals surface area contributed by atoms with E-state index in [0.29, 0.717) is 32.0 Å². The Morgan fingerprint density at radius 3 is 2.48 bits per heavy atom. The molecule has 0 saturated carbocycles. The molecular formula is C19H19F3N2O3. The predicted octanol–water partition coefficient (Wildman–Crippen LogP) is 3.56. The zero-order valence-electron chi connectivity index (χ0n) is 14.5. The standard InChI is InChI=1S/C19H19F3N2O3/c20-19(21,22)14-5-1-4-8-17(14)27-13-18(25)23-15-6-2-3-7-16(15)24-9-11-26-12-10-24/h1-8H,9-13H2,(H,23,25). The van der Waals surface area contributed by atoms with Crippen molar-refractivity contribution < 1.29 is 27.4 Å². The Bertz CT molecular complexity index is 790. The fourth-order valence-electron chi connectivity index (χ4n) is 2.82. The van der Waals surface area contributed by atoms with E-state index >= 15 is 0 Å². The minimum atomic E-state index is -4.55. The number of para-hydroxylation sites is 3. The van der Waals surface area contributed by atoms with E-state index in [1.54, 1.807) is 12.1 Å². The zero-order valence-corrected chi connectivity index (χ0v) is 14.5. The molecule has 5 nitrogen and oxygen atoms in total. The van der Waals surface area contributed by atoms with E-state index in [1.807, 2.05) is 12.1 Å². The van der Waals surface area contributed by atoms with Gasteiger partial charge in [0.05, 0.1) is 30.2 Å². The first-order valence-corrected chi connectivity index (χ1v) is 8.46. The average molecular weight is 380 g/mol. The molecule has 0 radical (unpaired) electrons. The van der Waals surface area contributed by atoms with Crippen LogP contribution < -0.4 is 15.0 Å². The van der Waals surface area contributed by atoms with Crippen LogP contribution in [0.2, 0.25) is 0 Å². The molecule has 0 bridgehead atoms. The highest BCUT2D eigenvalue weighted by Gasteiger charge is 2.34. The van der Waals surface area contributed by atoms with Gasteiger partial charge < -0.3 is 19.7 Å². The van der Waals surface area contributed by atoms with Gasteiger partial charge in [-0.05, 0) is 24.3 Å². The summed E-state index contributed by atoms with van der Waals surface area (Å²) in [6, 6.07) is 12.1. The summed E-state index contributed by atoms with van der Waals surface area (Å²) in [5, 5.41) is 2.71. The number of halogens is 3. The molecule has 0 aliphatic carbocycles. The lowest BCUT2D eigenvalue weighted by Gasteiger charge is -2.30. The molecule has 1 N–H and O–H groups in total. The van der Waals surface area contributed by atoms with Gasteiger partial charge in [0.15, 0.2) is 6.61 Å². The first-order chi connectivity index (χ1) is 12.9. The lowest BCUT2D eigenvalue weighted by atomic mass is 10.2. The van der Waals surface area contributed by atoms with E-state index in [0.717, 1.165) is 11.8 Å². The maximum Gasteiger partial charge on any atom is 0.419 e. The van der Waals surface area contributed by atoms with Crippen LogP contribution in [0.15, 0.2) is 48.5 Å². The summed E-state index contributed by atoms with van der Waals surface area (Å²) < 4.78 is 49.4. The highest BCUT2D eigenvalue weighted by molar-refractivity contribution is 5.95. The van der Waals surface area contributed by atoms with Crippen molar-refractivity contribution >= 4 is 17.3 Å². The SMILES string of the molecule is O=C(COc1ccccc1C(F)(F)F)Nc1ccccc1N1CCOCC1. The van der Waals surface area contributed by atoms with Crippen molar-refractivity contribution in [3.63, 3.8) is 0 Å². The Labute approximate surface area is 154 Å². The van der Waals surface area contributed by atoms with Crippen molar-refractivity contribution in [2.24, 2.45) is 0 Å². The molecule has 0 aromatic heterocycles. The van der Waals surface area contributed by atoms with Crippen LogP contribution in [0.5, 0.6) is 5.75 Å². The summed E-state index contributed by atoms with van der Waals surface area (Å²) in [5.41, 5.74) is 0.508. The first kappa shape index (κ1) is 19.0. The molecule has 0 spiro atoms. The Kier molecular flexibility index (Phi) is 5.85. The summed E-state index contributed by atoms with van der Waals surface area (Å²) in [6.45, 7) is 2.06. The summed E-state index contributed by atoms with van der Waals surface area (Å²) in [4.78, 5) is 14.3. The minimum absolute atomic E-state index is 0.374. The van der Waals surface area contributed by atoms with Crippen LogP contribution in [-0.4, -0.2) is 38.8 Å². The lowest BCUT2D eigenvalue weighted by molar-refractivity contribution is -0.139. The second-order valence-electron chi connectivity index (χ2n) is 5.95. The lowest BCUT2D eigenvalue weighted by Crippen LogP contribution is -2.37. The summed E-state index contributed by atoms with van der Waals surface area (Å²) in [7, 11) is 0. The topological polar surface area (TPSA) is 50.8 Å². The third-order valence-electron chi connectivity index (χ3n) is 4.08. The van der Waals surface area contributed by atoms with Crippen molar-refractivity contribution in [3.05, 3.63) is 54.1 Å². The molecule has 3 rings (SSSR count). The second kappa shape index (κ2) is 8.30. The third-order valence-corrected chi connectivity index (χ3v) is 4.08. The van der Waals surface area contributed by atoms with Crippen LogP contribution in [0.25, 0.3) is 0 Å². The van der Waals surface area contributed by atoms with Gasteiger partial charge in [0, 0.05) is 13.1 Å². The van der Waals surface area contributed by atoms with Crippen LogP contribution in [-0.2, 0) is 15.7 Å². The number of benzene rings is 2. The number of nitrogens with one attached hydrogen (secondary N) is 1. The second-order valence-corrected chi connectivity index (χ2v) is 5.95. The monoisotopic (exact) mass is 380 g/mol. The number of rotatable bonds is 5. The molecule has 0 atom stereocenters. The van der Waals surface area contributed by atoms with Crippen LogP contribution in [0.4, 0.5) is 24.5 Å². The quantitative estimate of drug-likeness (QED) is 0.862. The van der Waals surface area contributed by atoms with E-state index in [1.165, 1.54) is 18.2 Å². The predicted molar refractivity (Wildman–Crippen MR) is 95.0 cm³/mol. The van der Waals surface area contributed by atoms with Crippen LogP contribution in [0.3, 0.4) is 0 Å². The average Bonchev–Trinajstić information content (AvgIpc) is 2.67. The number of carbonyl (C=O) groups excluding carboxylic acids is 1. The first-order valence-electron chi connectivity index (χ1n) is 8.46. The van der Waals surface area contributed by atoms with Gasteiger partial charge >= 0.3 is 6.18 Å². The molecule has 2 aromatic carbocycles. The molecule has 1 amide bonds. The van der Waals surface area contributed by atoms with Gasteiger partial charge in [0.25, 0.3) is 5.91 Å². The van der Waals surface area contributed by atoms with E-state index < -0.39 is 24.3 Å². The zero-order chi connectivity index (χ0) is 19.3. The number of alkyl halides is 3. The molecule has 27 heavy (non-hydrogen) atoms. The van der Waals surface area contributed by atoms with Crippen LogP contribution in [0.1, 0.15) is 5.56 Å². The van der Waals surface area contributed by atoms with Gasteiger partial charge in [-0.15, -0.1) is 0 Å². The Balaban J connectivity index is 1.66. The van der Waals surface area contributed by atoms with E-state index in [-0.39, 0.29) is 5.75 Å². The molecule has 1 aliphatic heterocycles. The van der Waals surface area contributed by atoms with Gasteiger partial charge in [-0.2, -0.15) is 13.2 Å². The number of carbonyl (C=O) groups is 1. The number of hydrogen-bond acceptors (Lipinski definition) is 4. The van der Waals surface area contributed by atoms with E-state index in [9.17, 15) is 18.0 Å². The number of amides is 1. The fourth-order valence-corrected chi connectivity index (χ4v) is 2.82. The smallest absolute Gasteiger partial charge is 0.419 e. The van der Waals surface area contributed by atoms with Gasteiger partial charge in [0.2, 0.25) is 0 Å². The molecule has 0 unspecified atom stereocenters. The largest absolute Gasteiger partial charge is 0.483 e.